The highest BCUT2D eigenvalue weighted by Crippen LogP contribution is 2.21. The van der Waals surface area contributed by atoms with Crippen molar-refractivity contribution in [2.24, 2.45) is 23.0 Å². The zero-order chi connectivity index (χ0) is 14.7. The van der Waals surface area contributed by atoms with Crippen molar-refractivity contribution < 1.29 is 4.74 Å². The van der Waals surface area contributed by atoms with E-state index in [0.29, 0.717) is 5.41 Å². The van der Waals surface area contributed by atoms with Gasteiger partial charge in [0.1, 0.15) is 0 Å². The van der Waals surface area contributed by atoms with Gasteiger partial charge in [0.05, 0.1) is 0 Å². The molecular formula is C16H36N2O. The Morgan fingerprint density at radius 2 is 1.89 bits per heavy atom. The van der Waals surface area contributed by atoms with Crippen LogP contribution >= 0.6 is 0 Å². The van der Waals surface area contributed by atoms with Crippen molar-refractivity contribution in [1.29, 1.82) is 0 Å². The van der Waals surface area contributed by atoms with Gasteiger partial charge >= 0.3 is 0 Å². The van der Waals surface area contributed by atoms with Crippen LogP contribution in [0.5, 0.6) is 0 Å². The van der Waals surface area contributed by atoms with Crippen LogP contribution in [0, 0.1) is 17.3 Å². The number of nitrogens with two attached hydrogens (primary N) is 1. The molecule has 0 aliphatic carbocycles. The second-order valence-electron chi connectivity index (χ2n) is 6.81. The summed E-state index contributed by atoms with van der Waals surface area (Å²) in [6, 6.07) is 0. The monoisotopic (exact) mass is 272 g/mol. The number of nitrogens with one attached hydrogen (secondary N) is 1. The Balaban J connectivity index is 3.67. The first-order chi connectivity index (χ1) is 8.93. The third-order valence-electron chi connectivity index (χ3n) is 4.00. The number of hydrogen-bond donors (Lipinski definition) is 2. The maximum absolute atomic E-state index is 5.67. The molecule has 0 aliphatic heterocycles. The van der Waals surface area contributed by atoms with E-state index in [1.807, 2.05) is 0 Å². The molecule has 0 aromatic rings. The molecule has 0 aromatic carbocycles. The zero-order valence-electron chi connectivity index (χ0n) is 13.8. The normalized spacial score (nSPS) is 14.1. The first kappa shape index (κ1) is 18.9. The van der Waals surface area contributed by atoms with Crippen LogP contribution in [0.4, 0.5) is 0 Å². The van der Waals surface area contributed by atoms with E-state index in [1.54, 1.807) is 7.11 Å². The summed E-state index contributed by atoms with van der Waals surface area (Å²) >= 11 is 0. The second kappa shape index (κ2) is 10.6. The number of rotatable bonds is 12. The zero-order valence-corrected chi connectivity index (χ0v) is 13.8. The van der Waals surface area contributed by atoms with Crippen LogP contribution in [-0.4, -0.2) is 33.4 Å². The van der Waals surface area contributed by atoms with Gasteiger partial charge in [0.15, 0.2) is 0 Å². The second-order valence-corrected chi connectivity index (χ2v) is 6.81. The molecular weight excluding hydrogens is 236 g/mol. The lowest BCUT2D eigenvalue weighted by atomic mass is 9.88. The molecule has 1 atom stereocenters. The molecule has 0 saturated carbocycles. The van der Waals surface area contributed by atoms with E-state index in [4.69, 9.17) is 10.5 Å². The van der Waals surface area contributed by atoms with Gasteiger partial charge in [-0.2, -0.15) is 0 Å². The summed E-state index contributed by atoms with van der Waals surface area (Å²) < 4.78 is 5.15. The van der Waals surface area contributed by atoms with E-state index >= 15 is 0 Å². The fraction of sp³-hybridized carbons (Fsp3) is 1.00. The molecule has 0 amide bonds. The number of methoxy groups -OCH3 is 1. The summed E-state index contributed by atoms with van der Waals surface area (Å²) in [5.41, 5.74) is 6.00. The molecule has 3 nitrogen and oxygen atoms in total. The fourth-order valence-electron chi connectivity index (χ4n) is 2.41. The Bertz CT molecular complexity index is 205. The van der Waals surface area contributed by atoms with Crippen LogP contribution in [0.3, 0.4) is 0 Å². The Hall–Kier alpha value is -0.120. The number of hydrogen-bond acceptors (Lipinski definition) is 3. The lowest BCUT2D eigenvalue weighted by Crippen LogP contribution is -2.31. The maximum atomic E-state index is 5.67. The minimum atomic E-state index is 0.324. The first-order valence-electron chi connectivity index (χ1n) is 7.82. The molecule has 19 heavy (non-hydrogen) atoms. The van der Waals surface area contributed by atoms with Crippen molar-refractivity contribution in [2.45, 2.75) is 53.4 Å². The summed E-state index contributed by atoms with van der Waals surface area (Å²) in [4.78, 5) is 0. The predicted octanol–water partition coefficient (Wildman–Crippen LogP) is 3.04. The molecule has 0 radical (unpaired) electrons. The SMILES string of the molecule is COCCC(C)(C)CNCCCC(CCN)C(C)C. The largest absolute Gasteiger partial charge is 0.385 e. The summed E-state index contributed by atoms with van der Waals surface area (Å²) in [5.74, 6) is 1.54. The third-order valence-corrected chi connectivity index (χ3v) is 4.00. The van der Waals surface area contributed by atoms with Crippen molar-refractivity contribution in [2.75, 3.05) is 33.4 Å². The molecule has 3 heteroatoms. The average Bonchev–Trinajstić information content (AvgIpc) is 2.34. The maximum Gasteiger partial charge on any atom is 0.0467 e. The van der Waals surface area contributed by atoms with Gasteiger partial charge in [0.25, 0.3) is 0 Å². The molecule has 116 valence electrons. The van der Waals surface area contributed by atoms with Crippen LogP contribution < -0.4 is 11.1 Å². The van der Waals surface area contributed by atoms with Crippen LogP contribution in [0.15, 0.2) is 0 Å². The van der Waals surface area contributed by atoms with Crippen molar-refractivity contribution in [3.8, 4) is 0 Å². The van der Waals surface area contributed by atoms with E-state index < -0.39 is 0 Å². The van der Waals surface area contributed by atoms with E-state index in [1.165, 1.54) is 12.8 Å². The van der Waals surface area contributed by atoms with Gasteiger partial charge in [0, 0.05) is 20.3 Å². The van der Waals surface area contributed by atoms with E-state index in [0.717, 1.165) is 50.9 Å². The molecule has 1 unspecified atom stereocenters. The highest BCUT2D eigenvalue weighted by atomic mass is 16.5. The third kappa shape index (κ3) is 10.3. The molecule has 3 N–H and O–H groups in total. The van der Waals surface area contributed by atoms with Crippen LogP contribution in [0.25, 0.3) is 0 Å². The minimum absolute atomic E-state index is 0.324. The Morgan fingerprint density at radius 1 is 1.21 bits per heavy atom. The van der Waals surface area contributed by atoms with Crippen molar-refractivity contribution >= 4 is 0 Å². The molecule has 0 spiro atoms. The molecule has 0 heterocycles. The Morgan fingerprint density at radius 3 is 2.42 bits per heavy atom. The highest BCUT2D eigenvalue weighted by Gasteiger charge is 2.17. The molecule has 0 saturated heterocycles. The van der Waals surface area contributed by atoms with Crippen molar-refractivity contribution in [3.05, 3.63) is 0 Å². The lowest BCUT2D eigenvalue weighted by molar-refractivity contribution is 0.150. The van der Waals surface area contributed by atoms with E-state index in [9.17, 15) is 0 Å². The van der Waals surface area contributed by atoms with Crippen molar-refractivity contribution in [3.63, 3.8) is 0 Å². The Labute approximate surface area is 120 Å². The molecule has 0 fully saturated rings. The molecule has 0 aliphatic rings. The summed E-state index contributed by atoms with van der Waals surface area (Å²) in [5, 5.41) is 3.58. The highest BCUT2D eigenvalue weighted by molar-refractivity contribution is 4.72. The number of ether oxygens (including phenoxy) is 1. The molecule has 0 aromatic heterocycles. The van der Waals surface area contributed by atoms with Gasteiger partial charge in [-0.25, -0.2) is 0 Å². The lowest BCUT2D eigenvalue weighted by Gasteiger charge is -2.25. The van der Waals surface area contributed by atoms with Gasteiger partial charge in [-0.15, -0.1) is 0 Å². The van der Waals surface area contributed by atoms with Crippen LogP contribution in [-0.2, 0) is 4.74 Å². The van der Waals surface area contributed by atoms with Gasteiger partial charge in [-0.1, -0.05) is 27.7 Å². The van der Waals surface area contributed by atoms with Crippen LogP contribution in [0.1, 0.15) is 53.4 Å². The smallest absolute Gasteiger partial charge is 0.0467 e. The van der Waals surface area contributed by atoms with Gasteiger partial charge < -0.3 is 15.8 Å². The van der Waals surface area contributed by atoms with Crippen molar-refractivity contribution in [1.82, 2.24) is 5.32 Å². The Kier molecular flexibility index (Phi) is 10.6. The van der Waals surface area contributed by atoms with E-state index in [-0.39, 0.29) is 0 Å². The summed E-state index contributed by atoms with van der Waals surface area (Å²) in [7, 11) is 1.77. The molecule has 0 rings (SSSR count). The minimum Gasteiger partial charge on any atom is -0.385 e. The van der Waals surface area contributed by atoms with E-state index in [2.05, 4.69) is 33.0 Å². The standard InChI is InChI=1S/C16H36N2O/c1-14(2)15(8-10-17)7-6-11-18-13-16(3,4)9-12-19-5/h14-15,18H,6-13,17H2,1-5H3. The van der Waals surface area contributed by atoms with Gasteiger partial charge in [0.2, 0.25) is 0 Å². The quantitative estimate of drug-likeness (QED) is 0.537. The molecule has 0 bridgehead atoms. The average molecular weight is 272 g/mol. The van der Waals surface area contributed by atoms with Gasteiger partial charge in [-0.05, 0) is 56.0 Å². The summed E-state index contributed by atoms with van der Waals surface area (Å²) in [6.45, 7) is 13.1. The first-order valence-corrected chi connectivity index (χ1v) is 7.82. The fourth-order valence-corrected chi connectivity index (χ4v) is 2.41. The van der Waals surface area contributed by atoms with Gasteiger partial charge in [-0.3, -0.25) is 0 Å². The summed E-state index contributed by atoms with van der Waals surface area (Å²) in [6.07, 6.45) is 4.82. The van der Waals surface area contributed by atoms with Crippen LogP contribution in [0.2, 0.25) is 0 Å². The predicted molar refractivity (Wildman–Crippen MR) is 84.4 cm³/mol. The topological polar surface area (TPSA) is 47.3 Å².